The molecular formula is C16H16FN5O. The summed E-state index contributed by atoms with van der Waals surface area (Å²) in [5.74, 6) is 1.91. The van der Waals surface area contributed by atoms with Crippen molar-refractivity contribution in [2.45, 2.75) is 25.7 Å². The van der Waals surface area contributed by atoms with Crippen LogP contribution in [-0.4, -0.2) is 33.2 Å². The Bertz CT molecular complexity index is 849. The van der Waals surface area contributed by atoms with Gasteiger partial charge < -0.3 is 9.42 Å². The zero-order valence-corrected chi connectivity index (χ0v) is 12.7. The topological polar surface area (TPSA) is 67.9 Å². The van der Waals surface area contributed by atoms with Crippen LogP contribution in [0.4, 0.5) is 10.2 Å². The first-order chi connectivity index (χ1) is 11.2. The van der Waals surface area contributed by atoms with Gasteiger partial charge in [-0.15, -0.1) is 0 Å². The number of fused-ring (bicyclic) bond motifs is 1. The third-order valence-electron chi connectivity index (χ3n) is 4.21. The molecular weight excluding hydrogens is 297 g/mol. The third-order valence-corrected chi connectivity index (χ3v) is 4.21. The van der Waals surface area contributed by atoms with Crippen molar-refractivity contribution >= 4 is 16.7 Å². The van der Waals surface area contributed by atoms with Crippen LogP contribution in [0.15, 0.2) is 29.0 Å². The Hall–Kier alpha value is -2.57. The summed E-state index contributed by atoms with van der Waals surface area (Å²) in [7, 11) is 0. The van der Waals surface area contributed by atoms with E-state index >= 15 is 0 Å². The van der Waals surface area contributed by atoms with Gasteiger partial charge in [0.15, 0.2) is 5.82 Å². The summed E-state index contributed by atoms with van der Waals surface area (Å²) < 4.78 is 19.2. The lowest BCUT2D eigenvalue weighted by Crippen LogP contribution is -2.35. The molecule has 6 nitrogen and oxygen atoms in total. The molecule has 1 aromatic carbocycles. The van der Waals surface area contributed by atoms with Gasteiger partial charge in [0.2, 0.25) is 5.89 Å². The van der Waals surface area contributed by atoms with E-state index in [1.165, 1.54) is 12.4 Å². The van der Waals surface area contributed by atoms with E-state index in [2.05, 4.69) is 25.0 Å². The van der Waals surface area contributed by atoms with Gasteiger partial charge in [0.25, 0.3) is 0 Å². The van der Waals surface area contributed by atoms with Crippen molar-refractivity contribution in [3.8, 4) is 0 Å². The highest BCUT2D eigenvalue weighted by molar-refractivity contribution is 5.89. The Morgan fingerprint density at radius 1 is 1.30 bits per heavy atom. The molecule has 1 aliphatic heterocycles. The van der Waals surface area contributed by atoms with Crippen molar-refractivity contribution in [1.29, 1.82) is 0 Å². The first-order valence-electron chi connectivity index (χ1n) is 7.67. The minimum absolute atomic E-state index is 0.170. The molecule has 0 N–H and O–H groups in total. The van der Waals surface area contributed by atoms with Crippen LogP contribution >= 0.6 is 0 Å². The standard InChI is InChI=1S/C16H16FN5O/c1-10-20-16(23-21-10)11-4-3-7-22(8-11)15-12-5-2-6-13(17)14(12)18-9-19-15/h2,5-6,9,11H,3-4,7-8H2,1H3. The minimum atomic E-state index is -0.327. The maximum atomic E-state index is 13.9. The molecule has 23 heavy (non-hydrogen) atoms. The van der Waals surface area contributed by atoms with E-state index in [9.17, 15) is 4.39 Å². The van der Waals surface area contributed by atoms with Crippen molar-refractivity contribution in [3.63, 3.8) is 0 Å². The van der Waals surface area contributed by atoms with Gasteiger partial charge in [-0.2, -0.15) is 4.98 Å². The molecule has 0 spiro atoms. The number of para-hydroxylation sites is 1. The Labute approximate surface area is 132 Å². The summed E-state index contributed by atoms with van der Waals surface area (Å²) in [6.07, 6.45) is 3.41. The van der Waals surface area contributed by atoms with Crippen LogP contribution in [0.2, 0.25) is 0 Å². The third kappa shape index (κ3) is 2.52. The van der Waals surface area contributed by atoms with Crippen LogP contribution < -0.4 is 4.90 Å². The lowest BCUT2D eigenvalue weighted by molar-refractivity contribution is 0.331. The Kier molecular flexibility index (Phi) is 3.40. The lowest BCUT2D eigenvalue weighted by atomic mass is 9.97. The van der Waals surface area contributed by atoms with Crippen molar-refractivity contribution in [1.82, 2.24) is 20.1 Å². The second kappa shape index (κ2) is 5.57. The largest absolute Gasteiger partial charge is 0.355 e. The quantitative estimate of drug-likeness (QED) is 0.724. The molecule has 118 valence electrons. The molecule has 0 radical (unpaired) electrons. The number of aromatic nitrogens is 4. The van der Waals surface area contributed by atoms with Gasteiger partial charge in [0.05, 0.1) is 5.92 Å². The SMILES string of the molecule is Cc1noc(C2CCCN(c3ncnc4c(F)cccc34)C2)n1. The maximum absolute atomic E-state index is 13.9. The van der Waals surface area contributed by atoms with Gasteiger partial charge in [0, 0.05) is 18.5 Å². The fourth-order valence-electron chi connectivity index (χ4n) is 3.14. The number of piperidine rings is 1. The molecule has 2 aromatic heterocycles. The number of halogens is 1. The number of hydrogen-bond donors (Lipinski definition) is 0. The number of rotatable bonds is 2. The van der Waals surface area contributed by atoms with Crippen LogP contribution in [0.1, 0.15) is 30.5 Å². The second-order valence-corrected chi connectivity index (χ2v) is 5.80. The predicted octanol–water partition coefficient (Wildman–Crippen LogP) is 2.84. The zero-order valence-electron chi connectivity index (χ0n) is 12.7. The van der Waals surface area contributed by atoms with E-state index in [1.807, 2.05) is 13.0 Å². The molecule has 3 heterocycles. The Morgan fingerprint density at radius 3 is 3.04 bits per heavy atom. The number of benzene rings is 1. The lowest BCUT2D eigenvalue weighted by Gasteiger charge is -2.32. The summed E-state index contributed by atoms with van der Waals surface area (Å²) in [6.45, 7) is 3.41. The number of nitrogens with zero attached hydrogens (tertiary/aromatic N) is 5. The second-order valence-electron chi connectivity index (χ2n) is 5.80. The van der Waals surface area contributed by atoms with E-state index in [1.54, 1.807) is 6.07 Å². The summed E-state index contributed by atoms with van der Waals surface area (Å²) in [4.78, 5) is 14.9. The van der Waals surface area contributed by atoms with Gasteiger partial charge in [-0.05, 0) is 31.9 Å². The molecule has 0 bridgehead atoms. The summed E-state index contributed by atoms with van der Waals surface area (Å²) in [5, 5.41) is 4.60. The van der Waals surface area contributed by atoms with Crippen molar-refractivity contribution in [2.75, 3.05) is 18.0 Å². The van der Waals surface area contributed by atoms with Gasteiger partial charge >= 0.3 is 0 Å². The molecule has 1 atom stereocenters. The molecule has 0 aliphatic carbocycles. The Morgan fingerprint density at radius 2 is 2.22 bits per heavy atom. The van der Waals surface area contributed by atoms with Gasteiger partial charge in [0.1, 0.15) is 23.5 Å². The average Bonchev–Trinajstić information content (AvgIpc) is 3.02. The van der Waals surface area contributed by atoms with Gasteiger partial charge in [-0.1, -0.05) is 11.2 Å². The highest BCUT2D eigenvalue weighted by Gasteiger charge is 2.27. The summed E-state index contributed by atoms with van der Waals surface area (Å²) in [6, 6.07) is 4.96. The van der Waals surface area contributed by atoms with Crippen LogP contribution in [0, 0.1) is 12.7 Å². The molecule has 0 amide bonds. The number of anilines is 1. The van der Waals surface area contributed by atoms with E-state index in [4.69, 9.17) is 4.52 Å². The number of aryl methyl sites for hydroxylation is 1. The average molecular weight is 313 g/mol. The zero-order chi connectivity index (χ0) is 15.8. The fourth-order valence-corrected chi connectivity index (χ4v) is 3.14. The van der Waals surface area contributed by atoms with Crippen LogP contribution in [0.25, 0.3) is 10.9 Å². The molecule has 1 aliphatic rings. The normalized spacial score (nSPS) is 18.5. The van der Waals surface area contributed by atoms with Crippen LogP contribution in [0.5, 0.6) is 0 Å². The van der Waals surface area contributed by atoms with Crippen molar-refractivity contribution in [2.24, 2.45) is 0 Å². The first kappa shape index (κ1) is 14.0. The van der Waals surface area contributed by atoms with Gasteiger partial charge in [-0.3, -0.25) is 0 Å². The number of hydrogen-bond acceptors (Lipinski definition) is 6. The molecule has 3 aromatic rings. The maximum Gasteiger partial charge on any atom is 0.231 e. The smallest absolute Gasteiger partial charge is 0.231 e. The fraction of sp³-hybridized carbons (Fsp3) is 0.375. The van der Waals surface area contributed by atoms with E-state index in [0.717, 1.165) is 37.1 Å². The molecule has 1 unspecified atom stereocenters. The highest BCUT2D eigenvalue weighted by atomic mass is 19.1. The van der Waals surface area contributed by atoms with Crippen molar-refractivity contribution in [3.05, 3.63) is 42.1 Å². The minimum Gasteiger partial charge on any atom is -0.355 e. The predicted molar refractivity (Wildman–Crippen MR) is 82.7 cm³/mol. The molecule has 7 heteroatoms. The highest BCUT2D eigenvalue weighted by Crippen LogP contribution is 2.31. The molecule has 4 rings (SSSR count). The first-order valence-corrected chi connectivity index (χ1v) is 7.67. The van der Waals surface area contributed by atoms with E-state index < -0.39 is 0 Å². The monoisotopic (exact) mass is 313 g/mol. The molecule has 1 saturated heterocycles. The van der Waals surface area contributed by atoms with Crippen LogP contribution in [-0.2, 0) is 0 Å². The molecule has 0 saturated carbocycles. The van der Waals surface area contributed by atoms with E-state index in [-0.39, 0.29) is 11.7 Å². The van der Waals surface area contributed by atoms with Crippen molar-refractivity contribution < 1.29 is 8.91 Å². The summed E-state index contributed by atoms with van der Waals surface area (Å²) in [5.41, 5.74) is 0.355. The molecule has 1 fully saturated rings. The van der Waals surface area contributed by atoms with Crippen LogP contribution in [0.3, 0.4) is 0 Å². The Balaban J connectivity index is 1.69. The van der Waals surface area contributed by atoms with E-state index in [0.29, 0.717) is 17.2 Å². The van der Waals surface area contributed by atoms with Gasteiger partial charge in [-0.25, -0.2) is 14.4 Å². The summed E-state index contributed by atoms with van der Waals surface area (Å²) >= 11 is 0.